The number of carbonyl (C=O) groups is 2. The van der Waals surface area contributed by atoms with Crippen molar-refractivity contribution < 1.29 is 22.8 Å². The van der Waals surface area contributed by atoms with E-state index in [0.717, 1.165) is 16.5 Å². The topological polar surface area (TPSA) is 49.4 Å². The van der Waals surface area contributed by atoms with Gasteiger partial charge in [0.1, 0.15) is 0 Å². The molecular weight excluding hydrogens is 369 g/mol. The van der Waals surface area contributed by atoms with Gasteiger partial charge in [0.15, 0.2) is 0 Å². The van der Waals surface area contributed by atoms with E-state index in [1.807, 2.05) is 26.0 Å². The van der Waals surface area contributed by atoms with Crippen molar-refractivity contribution in [1.29, 1.82) is 0 Å². The highest BCUT2D eigenvalue weighted by Crippen LogP contribution is 2.36. The molecule has 0 heterocycles. The molecule has 4 nitrogen and oxygen atoms in total. The molecule has 150 valence electrons. The van der Waals surface area contributed by atoms with Crippen molar-refractivity contribution in [3.05, 3.63) is 59.7 Å². The summed E-state index contributed by atoms with van der Waals surface area (Å²) in [6.07, 6.45) is -4.72. The van der Waals surface area contributed by atoms with Crippen molar-refractivity contribution in [2.75, 3.05) is 16.8 Å². The number of benzene rings is 2. The lowest BCUT2D eigenvalue weighted by atomic mass is 10.0. The lowest BCUT2D eigenvalue weighted by Gasteiger charge is -2.24. The molecule has 0 saturated heterocycles. The molecule has 28 heavy (non-hydrogen) atoms. The summed E-state index contributed by atoms with van der Waals surface area (Å²) in [7, 11) is 0. The highest BCUT2D eigenvalue weighted by atomic mass is 19.4. The molecule has 0 saturated carbocycles. The summed E-state index contributed by atoms with van der Waals surface area (Å²) in [4.78, 5) is 25.3. The normalized spacial score (nSPS) is 11.4. The van der Waals surface area contributed by atoms with Crippen LogP contribution < -0.4 is 10.2 Å². The Kier molecular flexibility index (Phi) is 6.83. The Morgan fingerprint density at radius 3 is 2.25 bits per heavy atom. The maximum absolute atomic E-state index is 13.3. The number of anilines is 2. The number of nitrogens with zero attached hydrogens (tertiary/aromatic N) is 1. The second kappa shape index (κ2) is 8.91. The molecule has 0 fully saturated rings. The third-order valence-corrected chi connectivity index (χ3v) is 4.30. The zero-order chi connectivity index (χ0) is 20.9. The van der Waals surface area contributed by atoms with E-state index in [0.29, 0.717) is 5.69 Å². The number of amides is 2. The van der Waals surface area contributed by atoms with Crippen molar-refractivity contribution >= 4 is 23.2 Å². The van der Waals surface area contributed by atoms with Gasteiger partial charge in [-0.1, -0.05) is 44.2 Å². The lowest BCUT2D eigenvalue weighted by molar-refractivity contribution is -0.137. The largest absolute Gasteiger partial charge is 0.418 e. The highest BCUT2D eigenvalue weighted by Gasteiger charge is 2.35. The summed E-state index contributed by atoms with van der Waals surface area (Å²) in [5, 5.41) is 2.78. The Balaban J connectivity index is 2.16. The predicted molar refractivity (Wildman–Crippen MR) is 103 cm³/mol. The van der Waals surface area contributed by atoms with Crippen LogP contribution in [0.1, 0.15) is 44.2 Å². The fraction of sp³-hybridized carbons (Fsp3) is 0.333. The van der Waals surface area contributed by atoms with Crippen LogP contribution in [-0.4, -0.2) is 18.4 Å². The first-order chi connectivity index (χ1) is 13.1. The SMILES string of the molecule is CC(=O)N(CCC(=O)Nc1ccccc1C(C)C)c1ccccc1C(F)(F)F. The average molecular weight is 392 g/mol. The molecule has 0 aliphatic carbocycles. The molecule has 2 rings (SSSR count). The van der Waals surface area contributed by atoms with Gasteiger partial charge < -0.3 is 10.2 Å². The van der Waals surface area contributed by atoms with Crippen LogP contribution in [-0.2, 0) is 15.8 Å². The molecule has 7 heteroatoms. The van der Waals surface area contributed by atoms with Crippen LogP contribution in [0.25, 0.3) is 0 Å². The molecule has 0 aliphatic rings. The van der Waals surface area contributed by atoms with Gasteiger partial charge in [-0.25, -0.2) is 0 Å². The third kappa shape index (κ3) is 5.34. The number of para-hydroxylation sites is 2. The van der Waals surface area contributed by atoms with Crippen LogP contribution in [0.15, 0.2) is 48.5 Å². The van der Waals surface area contributed by atoms with Gasteiger partial charge in [-0.05, 0) is 29.7 Å². The Labute approximate surface area is 162 Å². The molecular formula is C21H23F3N2O2. The van der Waals surface area contributed by atoms with Crippen LogP contribution >= 0.6 is 0 Å². The predicted octanol–water partition coefficient (Wildman–Crippen LogP) is 5.21. The van der Waals surface area contributed by atoms with Gasteiger partial charge in [0.25, 0.3) is 0 Å². The quantitative estimate of drug-likeness (QED) is 0.734. The van der Waals surface area contributed by atoms with E-state index in [9.17, 15) is 22.8 Å². The summed E-state index contributed by atoms with van der Waals surface area (Å²) in [6, 6.07) is 12.2. The number of nitrogens with one attached hydrogen (secondary N) is 1. The summed E-state index contributed by atoms with van der Waals surface area (Å²) in [5.74, 6) is -0.736. The van der Waals surface area contributed by atoms with Crippen molar-refractivity contribution in [2.45, 2.75) is 39.3 Å². The first-order valence-electron chi connectivity index (χ1n) is 8.94. The van der Waals surface area contributed by atoms with E-state index in [-0.39, 0.29) is 30.5 Å². The molecule has 0 aromatic heterocycles. The molecule has 0 bridgehead atoms. The summed E-state index contributed by atoms with van der Waals surface area (Å²) < 4.78 is 39.8. The minimum absolute atomic E-state index is 0.127. The zero-order valence-corrected chi connectivity index (χ0v) is 16.0. The van der Waals surface area contributed by atoms with Crippen molar-refractivity contribution in [3.63, 3.8) is 0 Å². The van der Waals surface area contributed by atoms with Gasteiger partial charge in [-0.3, -0.25) is 9.59 Å². The minimum Gasteiger partial charge on any atom is -0.326 e. The molecule has 0 spiro atoms. The molecule has 2 amide bonds. The van der Waals surface area contributed by atoms with E-state index < -0.39 is 17.6 Å². The number of hydrogen-bond acceptors (Lipinski definition) is 2. The van der Waals surface area contributed by atoms with Crippen molar-refractivity contribution in [3.8, 4) is 0 Å². The van der Waals surface area contributed by atoms with E-state index in [1.54, 1.807) is 12.1 Å². The summed E-state index contributed by atoms with van der Waals surface area (Å²) in [6.45, 7) is 5.02. The second-order valence-corrected chi connectivity index (χ2v) is 6.73. The molecule has 0 atom stereocenters. The standard InChI is InChI=1S/C21H23F3N2O2/c1-14(2)16-8-4-6-10-18(16)25-20(28)12-13-26(15(3)27)19-11-7-5-9-17(19)21(22,23)24/h4-11,14H,12-13H2,1-3H3,(H,25,28). The number of halogens is 3. The van der Waals surface area contributed by atoms with Crippen LogP contribution in [0.4, 0.5) is 24.5 Å². The van der Waals surface area contributed by atoms with E-state index >= 15 is 0 Å². The zero-order valence-electron chi connectivity index (χ0n) is 16.0. The third-order valence-electron chi connectivity index (χ3n) is 4.30. The number of alkyl halides is 3. The summed E-state index contributed by atoms with van der Waals surface area (Å²) >= 11 is 0. The van der Waals surface area contributed by atoms with Crippen LogP contribution in [0.2, 0.25) is 0 Å². The average Bonchev–Trinajstić information content (AvgIpc) is 2.61. The van der Waals surface area contributed by atoms with Gasteiger partial charge in [-0.2, -0.15) is 13.2 Å². The van der Waals surface area contributed by atoms with Crippen LogP contribution in [0, 0.1) is 0 Å². The number of carbonyl (C=O) groups excluding carboxylic acids is 2. The maximum Gasteiger partial charge on any atom is 0.418 e. The van der Waals surface area contributed by atoms with Crippen LogP contribution in [0.3, 0.4) is 0 Å². The molecule has 0 radical (unpaired) electrons. The Morgan fingerprint density at radius 2 is 1.64 bits per heavy atom. The van der Waals surface area contributed by atoms with Gasteiger partial charge in [0, 0.05) is 25.6 Å². The highest BCUT2D eigenvalue weighted by molar-refractivity contribution is 5.95. The number of hydrogen-bond donors (Lipinski definition) is 1. The van der Waals surface area contributed by atoms with Gasteiger partial charge in [0.2, 0.25) is 11.8 Å². The van der Waals surface area contributed by atoms with E-state index in [1.165, 1.54) is 25.1 Å². The van der Waals surface area contributed by atoms with Gasteiger partial charge in [-0.15, -0.1) is 0 Å². The Hall–Kier alpha value is -2.83. The molecule has 0 aliphatic heterocycles. The Morgan fingerprint density at radius 1 is 1.04 bits per heavy atom. The smallest absolute Gasteiger partial charge is 0.326 e. The van der Waals surface area contributed by atoms with E-state index in [2.05, 4.69) is 5.32 Å². The Bertz CT molecular complexity index is 848. The first kappa shape index (κ1) is 21.5. The van der Waals surface area contributed by atoms with Crippen LogP contribution in [0.5, 0.6) is 0 Å². The fourth-order valence-electron chi connectivity index (χ4n) is 2.94. The molecule has 2 aromatic carbocycles. The fourth-order valence-corrected chi connectivity index (χ4v) is 2.94. The van der Waals surface area contributed by atoms with Gasteiger partial charge >= 0.3 is 6.18 Å². The first-order valence-corrected chi connectivity index (χ1v) is 8.94. The minimum atomic E-state index is -4.59. The van der Waals surface area contributed by atoms with E-state index in [4.69, 9.17) is 0 Å². The maximum atomic E-state index is 13.3. The monoisotopic (exact) mass is 392 g/mol. The molecule has 2 aromatic rings. The number of rotatable bonds is 6. The molecule has 1 N–H and O–H groups in total. The summed E-state index contributed by atoms with van der Waals surface area (Å²) in [5.41, 5.74) is 0.461. The molecule has 0 unspecified atom stereocenters. The van der Waals surface area contributed by atoms with Gasteiger partial charge in [0.05, 0.1) is 11.3 Å². The lowest BCUT2D eigenvalue weighted by Crippen LogP contribution is -2.33. The van der Waals surface area contributed by atoms with Crippen molar-refractivity contribution in [1.82, 2.24) is 0 Å². The van der Waals surface area contributed by atoms with Crippen molar-refractivity contribution in [2.24, 2.45) is 0 Å². The second-order valence-electron chi connectivity index (χ2n) is 6.73.